The summed E-state index contributed by atoms with van der Waals surface area (Å²) < 4.78 is 69.6. The lowest BCUT2D eigenvalue weighted by atomic mass is 9.95. The van der Waals surface area contributed by atoms with E-state index >= 15 is 0 Å². The molecule has 230 valence electrons. The maximum atomic E-state index is 14.0. The van der Waals surface area contributed by atoms with E-state index in [0.717, 1.165) is 44.2 Å². The molecule has 2 amide bonds. The third kappa shape index (κ3) is 8.08. The fourth-order valence-corrected chi connectivity index (χ4v) is 6.72. The first-order chi connectivity index (χ1) is 20.4. The maximum Gasteiger partial charge on any atom is 0.417 e. The zero-order chi connectivity index (χ0) is 31.2. The smallest absolute Gasteiger partial charge is 0.352 e. The second-order valence-electron chi connectivity index (χ2n) is 10.5. The van der Waals surface area contributed by atoms with Crippen LogP contribution >= 0.6 is 11.6 Å². The molecule has 1 fully saturated rings. The number of carbonyl (C=O) groups is 2. The second kappa shape index (κ2) is 13.8. The minimum Gasteiger partial charge on any atom is -0.352 e. The van der Waals surface area contributed by atoms with Gasteiger partial charge in [0, 0.05) is 12.6 Å². The van der Waals surface area contributed by atoms with Gasteiger partial charge in [0.25, 0.3) is 10.0 Å². The van der Waals surface area contributed by atoms with Crippen LogP contribution in [0.2, 0.25) is 5.02 Å². The van der Waals surface area contributed by atoms with Crippen LogP contribution in [-0.2, 0) is 32.3 Å². The first-order valence-corrected chi connectivity index (χ1v) is 15.8. The van der Waals surface area contributed by atoms with Crippen molar-refractivity contribution < 1.29 is 31.2 Å². The zero-order valence-corrected chi connectivity index (χ0v) is 25.1. The van der Waals surface area contributed by atoms with Crippen molar-refractivity contribution in [3.8, 4) is 0 Å². The highest BCUT2D eigenvalue weighted by molar-refractivity contribution is 7.92. The Kier molecular flexibility index (Phi) is 10.4. The number of nitrogens with zero attached hydrogens (tertiary/aromatic N) is 2. The van der Waals surface area contributed by atoms with Gasteiger partial charge in [-0.2, -0.15) is 13.2 Å². The summed E-state index contributed by atoms with van der Waals surface area (Å²) in [5.74, 6) is -1.15. The first kappa shape index (κ1) is 32.3. The molecule has 1 N–H and O–H groups in total. The monoisotopic (exact) mass is 635 g/mol. The van der Waals surface area contributed by atoms with Crippen LogP contribution in [-0.4, -0.2) is 43.8 Å². The van der Waals surface area contributed by atoms with Gasteiger partial charge in [0.05, 0.1) is 21.2 Å². The molecule has 3 aromatic rings. The summed E-state index contributed by atoms with van der Waals surface area (Å²) in [7, 11) is -4.52. The van der Waals surface area contributed by atoms with E-state index in [1.807, 2.05) is 0 Å². The van der Waals surface area contributed by atoms with Crippen molar-refractivity contribution in [3.05, 3.63) is 95.0 Å². The van der Waals surface area contributed by atoms with Crippen molar-refractivity contribution in [2.24, 2.45) is 0 Å². The lowest BCUT2D eigenvalue weighted by molar-refractivity contribution is -0.139. The summed E-state index contributed by atoms with van der Waals surface area (Å²) in [6.07, 6.45) is -0.158. The normalized spacial score (nSPS) is 15.0. The largest absolute Gasteiger partial charge is 0.417 e. The van der Waals surface area contributed by atoms with Crippen molar-refractivity contribution in [2.45, 2.75) is 68.7 Å². The fourth-order valence-electron chi connectivity index (χ4n) is 5.07. The number of sulfonamides is 1. The summed E-state index contributed by atoms with van der Waals surface area (Å²) in [6, 6.07) is 17.6. The van der Waals surface area contributed by atoms with Gasteiger partial charge >= 0.3 is 6.18 Å². The summed E-state index contributed by atoms with van der Waals surface area (Å²) in [6.45, 7) is 0.676. The van der Waals surface area contributed by atoms with E-state index in [9.17, 15) is 31.2 Å². The van der Waals surface area contributed by atoms with E-state index in [4.69, 9.17) is 11.6 Å². The molecule has 1 aliphatic rings. The third-order valence-corrected chi connectivity index (χ3v) is 9.59. The van der Waals surface area contributed by atoms with Crippen molar-refractivity contribution in [1.82, 2.24) is 10.2 Å². The van der Waals surface area contributed by atoms with Crippen LogP contribution in [0.1, 0.15) is 50.2 Å². The number of hydrogen-bond acceptors (Lipinski definition) is 4. The molecule has 7 nitrogen and oxygen atoms in total. The van der Waals surface area contributed by atoms with Gasteiger partial charge in [-0.05, 0) is 55.7 Å². The molecule has 1 saturated carbocycles. The molecule has 0 saturated heterocycles. The number of carbonyl (C=O) groups excluding carboxylic acids is 2. The van der Waals surface area contributed by atoms with E-state index in [-0.39, 0.29) is 23.4 Å². The van der Waals surface area contributed by atoms with E-state index < -0.39 is 51.0 Å². The molecule has 1 atom stereocenters. The molecule has 3 aromatic carbocycles. The Hall–Kier alpha value is -3.57. The number of anilines is 1. The zero-order valence-electron chi connectivity index (χ0n) is 23.6. The third-order valence-electron chi connectivity index (χ3n) is 7.47. The van der Waals surface area contributed by atoms with E-state index in [2.05, 4.69) is 5.32 Å². The SMILES string of the molecule is CC(C(=O)NC1CCCCC1)N(Cc1ccccc1)C(=O)CN(c1ccc(Cl)c(C(F)(F)F)c1)S(=O)(=O)c1ccccc1. The summed E-state index contributed by atoms with van der Waals surface area (Å²) in [4.78, 5) is 28.4. The Labute approximate surface area is 254 Å². The molecule has 0 aliphatic heterocycles. The van der Waals surface area contributed by atoms with E-state index in [1.54, 1.807) is 43.3 Å². The lowest BCUT2D eigenvalue weighted by Crippen LogP contribution is -2.53. The Morgan fingerprint density at radius 3 is 2.16 bits per heavy atom. The molecule has 12 heteroatoms. The first-order valence-electron chi connectivity index (χ1n) is 14.0. The predicted octanol–water partition coefficient (Wildman–Crippen LogP) is 6.42. The number of benzene rings is 3. The van der Waals surface area contributed by atoms with Crippen molar-refractivity contribution in [2.75, 3.05) is 10.8 Å². The minimum atomic E-state index is -4.87. The van der Waals surface area contributed by atoms with Gasteiger partial charge in [-0.1, -0.05) is 79.4 Å². The van der Waals surface area contributed by atoms with Crippen molar-refractivity contribution in [3.63, 3.8) is 0 Å². The summed E-state index contributed by atoms with van der Waals surface area (Å²) in [5, 5.41) is 2.39. The number of rotatable bonds is 10. The predicted molar refractivity (Wildman–Crippen MR) is 159 cm³/mol. The van der Waals surface area contributed by atoms with Crippen LogP contribution in [0.15, 0.2) is 83.8 Å². The molecule has 0 radical (unpaired) electrons. The summed E-state index contributed by atoms with van der Waals surface area (Å²) in [5.41, 5.74) is -0.946. The number of hydrogen-bond donors (Lipinski definition) is 1. The van der Waals surface area contributed by atoms with Crippen LogP contribution in [0.25, 0.3) is 0 Å². The lowest BCUT2D eigenvalue weighted by Gasteiger charge is -2.33. The Morgan fingerprint density at radius 2 is 1.56 bits per heavy atom. The Bertz CT molecular complexity index is 1520. The van der Waals surface area contributed by atoms with E-state index in [1.165, 1.54) is 29.2 Å². The Balaban J connectivity index is 1.72. The average Bonchev–Trinajstić information content (AvgIpc) is 2.99. The molecule has 0 aromatic heterocycles. The van der Waals surface area contributed by atoms with E-state index in [0.29, 0.717) is 15.9 Å². The number of nitrogens with one attached hydrogen (secondary N) is 1. The fraction of sp³-hybridized carbons (Fsp3) is 0.355. The van der Waals surface area contributed by atoms with Crippen LogP contribution < -0.4 is 9.62 Å². The van der Waals surface area contributed by atoms with Crippen molar-refractivity contribution in [1.29, 1.82) is 0 Å². The van der Waals surface area contributed by atoms with Gasteiger partial charge in [0.2, 0.25) is 11.8 Å². The van der Waals surface area contributed by atoms with Crippen LogP contribution in [0.3, 0.4) is 0 Å². The highest BCUT2D eigenvalue weighted by Crippen LogP contribution is 2.38. The van der Waals surface area contributed by atoms with Gasteiger partial charge in [0.1, 0.15) is 12.6 Å². The number of halogens is 4. The van der Waals surface area contributed by atoms with Crippen LogP contribution in [0.4, 0.5) is 18.9 Å². The van der Waals surface area contributed by atoms with Gasteiger partial charge in [-0.15, -0.1) is 0 Å². The van der Waals surface area contributed by atoms with Gasteiger partial charge in [-0.25, -0.2) is 8.42 Å². The minimum absolute atomic E-state index is 0.0213. The summed E-state index contributed by atoms with van der Waals surface area (Å²) >= 11 is 5.81. The molecule has 4 rings (SSSR count). The quantitative estimate of drug-likeness (QED) is 0.279. The number of alkyl halides is 3. The van der Waals surface area contributed by atoms with Crippen LogP contribution in [0.5, 0.6) is 0 Å². The number of amides is 2. The molecule has 43 heavy (non-hydrogen) atoms. The Morgan fingerprint density at radius 1 is 0.953 bits per heavy atom. The average molecular weight is 636 g/mol. The molecule has 1 unspecified atom stereocenters. The van der Waals surface area contributed by atoms with Gasteiger partial charge in [-0.3, -0.25) is 13.9 Å². The van der Waals surface area contributed by atoms with Crippen molar-refractivity contribution >= 4 is 39.1 Å². The molecule has 0 heterocycles. The molecular formula is C31H33ClF3N3O4S. The second-order valence-corrected chi connectivity index (χ2v) is 12.8. The highest BCUT2D eigenvalue weighted by atomic mass is 35.5. The molecule has 1 aliphatic carbocycles. The topological polar surface area (TPSA) is 86.8 Å². The molecule has 0 bridgehead atoms. The van der Waals surface area contributed by atoms with Gasteiger partial charge < -0.3 is 10.2 Å². The molecule has 0 spiro atoms. The highest BCUT2D eigenvalue weighted by Gasteiger charge is 2.37. The molecular weight excluding hydrogens is 603 g/mol. The maximum absolute atomic E-state index is 14.0. The van der Waals surface area contributed by atoms with Crippen LogP contribution in [0, 0.1) is 0 Å². The van der Waals surface area contributed by atoms with Gasteiger partial charge in [0.15, 0.2) is 0 Å². The standard InChI is InChI=1S/C31H33ClF3N3O4S/c1-22(30(40)36-24-13-7-3-8-14-24)37(20-23-11-5-2-6-12-23)29(39)21-38(43(41,42)26-15-9-4-10-16-26)25-17-18-28(32)27(19-25)31(33,34)35/h2,4-6,9-12,15-19,22,24H,3,7-8,13-14,20-21H2,1H3,(H,36,40).